The lowest BCUT2D eigenvalue weighted by Crippen LogP contribution is -2.21. The Morgan fingerprint density at radius 3 is 2.38 bits per heavy atom. The molecule has 29 heavy (non-hydrogen) atoms. The molecule has 0 spiro atoms. The Balaban J connectivity index is 2.31. The summed E-state index contributed by atoms with van der Waals surface area (Å²) in [5, 5.41) is 20.3. The van der Waals surface area contributed by atoms with Crippen LogP contribution in [0.25, 0.3) is 10.9 Å². The van der Waals surface area contributed by atoms with Crippen molar-refractivity contribution in [3.63, 3.8) is 0 Å². The second-order valence-electron chi connectivity index (χ2n) is 7.17. The molecule has 0 aliphatic heterocycles. The minimum absolute atomic E-state index is 0.0653. The van der Waals surface area contributed by atoms with E-state index in [1.807, 2.05) is 6.92 Å². The van der Waals surface area contributed by atoms with Gasteiger partial charge in [0.15, 0.2) is 11.6 Å². The van der Waals surface area contributed by atoms with Gasteiger partial charge in [0.2, 0.25) is 0 Å². The Hall–Kier alpha value is -3.22. The number of benzene rings is 2. The summed E-state index contributed by atoms with van der Waals surface area (Å²) in [6.07, 6.45) is 0.596. The highest BCUT2D eigenvalue weighted by molar-refractivity contribution is 6.05. The van der Waals surface area contributed by atoms with Gasteiger partial charge < -0.3 is 10.2 Å². The van der Waals surface area contributed by atoms with Crippen molar-refractivity contribution < 1.29 is 28.6 Å². The van der Waals surface area contributed by atoms with E-state index in [2.05, 4.69) is 0 Å². The minimum Gasteiger partial charge on any atom is -0.508 e. The molecule has 0 radical (unpaired) electrons. The molecule has 3 aromatic rings. The lowest BCUT2D eigenvalue weighted by molar-refractivity contribution is -0.140. The van der Waals surface area contributed by atoms with Crippen molar-refractivity contribution >= 4 is 22.8 Å². The maximum Gasteiger partial charge on any atom is 0.311 e. The average molecular weight is 401 g/mol. The average Bonchev–Trinajstić information content (AvgIpc) is 2.94. The number of hydrogen-bond donors (Lipinski definition) is 2. The normalized spacial score (nSPS) is 13.4. The summed E-state index contributed by atoms with van der Waals surface area (Å²) >= 11 is 0. The first-order valence-corrected chi connectivity index (χ1v) is 9.23. The smallest absolute Gasteiger partial charge is 0.311 e. The van der Waals surface area contributed by atoms with Gasteiger partial charge in [0.1, 0.15) is 5.75 Å². The number of nitrogens with zero attached hydrogens (tertiary/aromatic N) is 1. The van der Waals surface area contributed by atoms with Gasteiger partial charge >= 0.3 is 5.97 Å². The molecule has 0 saturated heterocycles. The lowest BCUT2D eigenvalue weighted by atomic mass is 9.84. The number of carbonyl (C=O) groups excluding carboxylic acids is 1. The second kappa shape index (κ2) is 7.66. The number of fused-ring (bicyclic) bond motifs is 1. The van der Waals surface area contributed by atoms with E-state index in [-0.39, 0.29) is 17.2 Å². The number of aromatic hydroxyl groups is 1. The van der Waals surface area contributed by atoms with Gasteiger partial charge in [-0.1, -0.05) is 20.3 Å². The molecule has 2 aromatic carbocycles. The minimum atomic E-state index is -1.15. The molecule has 3 rings (SSSR count). The van der Waals surface area contributed by atoms with E-state index < -0.39 is 29.4 Å². The van der Waals surface area contributed by atoms with Crippen molar-refractivity contribution in [3.05, 3.63) is 64.9 Å². The van der Waals surface area contributed by atoms with Crippen LogP contribution in [0.1, 0.15) is 47.8 Å². The van der Waals surface area contributed by atoms with Crippen LogP contribution in [-0.2, 0) is 4.79 Å². The fraction of sp³-hybridized carbons (Fsp3) is 0.273. The topological polar surface area (TPSA) is 79.5 Å². The molecular formula is C22H21F2NO4. The van der Waals surface area contributed by atoms with Crippen molar-refractivity contribution in [2.75, 3.05) is 0 Å². The van der Waals surface area contributed by atoms with Crippen molar-refractivity contribution in [2.24, 2.45) is 5.92 Å². The largest absolute Gasteiger partial charge is 0.508 e. The van der Waals surface area contributed by atoms with Crippen LogP contribution in [0.15, 0.2) is 36.4 Å². The number of carboxylic acids is 1. The number of phenolic OH excluding ortho intramolecular Hbond substituents is 1. The molecule has 0 saturated carbocycles. The van der Waals surface area contributed by atoms with Crippen LogP contribution >= 0.6 is 0 Å². The first-order chi connectivity index (χ1) is 13.7. The zero-order valence-corrected chi connectivity index (χ0v) is 16.2. The Labute approximate surface area is 166 Å². The van der Waals surface area contributed by atoms with Crippen LogP contribution in [0.2, 0.25) is 0 Å². The molecule has 7 heteroatoms. The fourth-order valence-corrected chi connectivity index (χ4v) is 3.73. The summed E-state index contributed by atoms with van der Waals surface area (Å²) in [4.78, 5) is 25.2. The van der Waals surface area contributed by atoms with Gasteiger partial charge in [-0.15, -0.1) is 0 Å². The van der Waals surface area contributed by atoms with Crippen LogP contribution in [0.3, 0.4) is 0 Å². The first-order valence-electron chi connectivity index (χ1n) is 9.23. The molecule has 1 unspecified atom stereocenters. The highest BCUT2D eigenvalue weighted by Gasteiger charge is 2.32. The zero-order valence-electron chi connectivity index (χ0n) is 16.2. The number of phenols is 1. The van der Waals surface area contributed by atoms with E-state index in [9.17, 15) is 28.6 Å². The molecule has 2 atom stereocenters. The van der Waals surface area contributed by atoms with E-state index in [0.29, 0.717) is 28.6 Å². The Kier molecular flexibility index (Phi) is 5.42. The molecule has 1 aromatic heterocycles. The monoisotopic (exact) mass is 401 g/mol. The molecule has 0 amide bonds. The molecule has 152 valence electrons. The standard InChI is InChI=1S/C22H21F2NO4/c1-4-11(2)19(22(28)29)20-12(3)25(18-8-6-14(26)10-15(18)20)21(27)13-5-7-16(23)17(24)9-13/h5-11,19,26H,4H2,1-3H3,(H,28,29)/t11?,19-/m1/s1. The third-order valence-corrected chi connectivity index (χ3v) is 5.40. The Bertz CT molecular complexity index is 1120. The third-order valence-electron chi connectivity index (χ3n) is 5.40. The third kappa shape index (κ3) is 3.48. The summed E-state index contributed by atoms with van der Waals surface area (Å²) in [6, 6.07) is 7.18. The molecule has 5 nitrogen and oxygen atoms in total. The number of hydrogen-bond acceptors (Lipinski definition) is 3. The summed E-state index contributed by atoms with van der Waals surface area (Å²) in [5.74, 6) is -5.06. The maximum atomic E-state index is 13.7. The first kappa shape index (κ1) is 20.5. The van der Waals surface area contributed by atoms with E-state index >= 15 is 0 Å². The van der Waals surface area contributed by atoms with Gasteiger partial charge in [-0.25, -0.2) is 8.78 Å². The van der Waals surface area contributed by atoms with Crippen LogP contribution in [0.4, 0.5) is 8.78 Å². The van der Waals surface area contributed by atoms with Crippen molar-refractivity contribution in [3.8, 4) is 5.75 Å². The quantitative estimate of drug-likeness (QED) is 0.641. The van der Waals surface area contributed by atoms with Gasteiger partial charge in [-0.05, 0) is 54.8 Å². The van der Waals surface area contributed by atoms with Crippen molar-refractivity contribution in [1.29, 1.82) is 0 Å². The molecule has 0 bridgehead atoms. The second-order valence-corrected chi connectivity index (χ2v) is 7.17. The summed E-state index contributed by atoms with van der Waals surface area (Å²) in [6.45, 7) is 5.29. The summed E-state index contributed by atoms with van der Waals surface area (Å²) < 4.78 is 28.2. The van der Waals surface area contributed by atoms with Crippen LogP contribution in [0, 0.1) is 24.5 Å². The summed E-state index contributed by atoms with van der Waals surface area (Å²) in [7, 11) is 0. The summed E-state index contributed by atoms with van der Waals surface area (Å²) in [5.41, 5.74) is 1.13. The Morgan fingerprint density at radius 1 is 1.10 bits per heavy atom. The predicted octanol–water partition coefficient (Wildman–Crippen LogP) is 4.84. The lowest BCUT2D eigenvalue weighted by Gasteiger charge is -2.20. The van der Waals surface area contributed by atoms with Crippen LogP contribution < -0.4 is 0 Å². The van der Waals surface area contributed by atoms with Gasteiger partial charge in [0.05, 0.1) is 11.4 Å². The molecule has 2 N–H and O–H groups in total. The van der Waals surface area contributed by atoms with Gasteiger partial charge in [-0.2, -0.15) is 0 Å². The van der Waals surface area contributed by atoms with Gasteiger partial charge in [-0.3, -0.25) is 14.2 Å². The number of halogens is 2. The maximum absolute atomic E-state index is 13.7. The van der Waals surface area contributed by atoms with Gasteiger partial charge in [0, 0.05) is 16.6 Å². The van der Waals surface area contributed by atoms with Gasteiger partial charge in [0.25, 0.3) is 5.91 Å². The molecule has 0 aliphatic rings. The SMILES string of the molecule is CCC(C)[C@@H](C(=O)O)c1c(C)n(C(=O)c2ccc(F)c(F)c2)c2ccc(O)cc12. The fourth-order valence-electron chi connectivity index (χ4n) is 3.73. The zero-order chi connectivity index (χ0) is 21.5. The number of carbonyl (C=O) groups is 2. The van der Waals surface area contributed by atoms with Crippen molar-refractivity contribution in [2.45, 2.75) is 33.1 Å². The highest BCUT2D eigenvalue weighted by Crippen LogP contribution is 2.38. The van der Waals surface area contributed by atoms with Crippen molar-refractivity contribution in [1.82, 2.24) is 4.57 Å². The number of aromatic nitrogens is 1. The molecule has 1 heterocycles. The van der Waals surface area contributed by atoms with Crippen LogP contribution in [0.5, 0.6) is 5.75 Å². The van der Waals surface area contributed by atoms with Crippen LogP contribution in [-0.4, -0.2) is 26.7 Å². The van der Waals surface area contributed by atoms with E-state index in [1.54, 1.807) is 13.8 Å². The number of rotatable bonds is 5. The van der Waals surface area contributed by atoms with E-state index in [4.69, 9.17) is 0 Å². The molecule has 0 fully saturated rings. The number of carboxylic acid groups (broad SMARTS) is 1. The molecule has 0 aliphatic carbocycles. The van der Waals surface area contributed by atoms with E-state index in [0.717, 1.165) is 12.1 Å². The Morgan fingerprint density at radius 2 is 1.79 bits per heavy atom. The molecular weight excluding hydrogens is 380 g/mol. The number of aliphatic carboxylic acids is 1. The highest BCUT2D eigenvalue weighted by atomic mass is 19.2. The predicted molar refractivity (Wildman–Crippen MR) is 104 cm³/mol. The van der Waals surface area contributed by atoms with E-state index in [1.165, 1.54) is 28.8 Å².